The van der Waals surface area contributed by atoms with E-state index in [9.17, 15) is 0 Å². The van der Waals surface area contributed by atoms with E-state index in [0.717, 1.165) is 35.8 Å². The van der Waals surface area contributed by atoms with Gasteiger partial charge in [-0.15, -0.1) is 0 Å². The number of para-hydroxylation sites is 4. The van der Waals surface area contributed by atoms with Crippen molar-refractivity contribution in [2.24, 2.45) is 11.8 Å². The molecule has 1 aliphatic heterocycles. The Hall–Kier alpha value is -3.28. The molecule has 0 atom stereocenters. The van der Waals surface area contributed by atoms with Crippen molar-refractivity contribution in [3.63, 3.8) is 0 Å². The predicted molar refractivity (Wildman–Crippen MR) is 123 cm³/mol. The quantitative estimate of drug-likeness (QED) is 0.425. The van der Waals surface area contributed by atoms with Crippen LogP contribution < -0.4 is 9.80 Å². The molecule has 0 N–H and O–H groups in total. The van der Waals surface area contributed by atoms with Crippen LogP contribution >= 0.6 is 0 Å². The summed E-state index contributed by atoms with van der Waals surface area (Å²) in [6.45, 7) is 10.6. The van der Waals surface area contributed by atoms with E-state index in [4.69, 9.17) is 19.9 Å². The van der Waals surface area contributed by atoms with Crippen LogP contribution in [0.5, 0.6) is 0 Å². The van der Waals surface area contributed by atoms with Gasteiger partial charge in [0.15, 0.2) is 11.6 Å². The van der Waals surface area contributed by atoms with E-state index in [2.05, 4.69) is 61.8 Å². The van der Waals surface area contributed by atoms with Gasteiger partial charge >= 0.3 is 0 Å². The lowest BCUT2D eigenvalue weighted by Gasteiger charge is -2.39. The number of rotatable bonds is 4. The molecular weight excluding hydrogens is 372 g/mol. The average molecular weight is 399 g/mol. The van der Waals surface area contributed by atoms with Crippen LogP contribution in [0.25, 0.3) is 22.3 Å². The topological polar surface area (TPSA) is 58.0 Å². The average Bonchev–Trinajstić information content (AvgIpc) is 2.73. The Morgan fingerprint density at radius 1 is 0.600 bits per heavy atom. The van der Waals surface area contributed by atoms with Crippen LogP contribution in [-0.4, -0.2) is 33.0 Å². The molecule has 0 saturated heterocycles. The summed E-state index contributed by atoms with van der Waals surface area (Å²) in [4.78, 5) is 24.1. The summed E-state index contributed by atoms with van der Waals surface area (Å²) in [6, 6.07) is 16.4. The number of benzene rings is 2. The lowest BCUT2D eigenvalue weighted by Crippen LogP contribution is -2.35. The van der Waals surface area contributed by atoms with Crippen LogP contribution in [0.3, 0.4) is 0 Å². The predicted octanol–water partition coefficient (Wildman–Crippen LogP) is 5.47. The van der Waals surface area contributed by atoms with Gasteiger partial charge < -0.3 is 9.80 Å². The maximum atomic E-state index is 5.00. The van der Waals surface area contributed by atoms with Crippen LogP contribution in [0.1, 0.15) is 27.7 Å². The molecule has 0 unspecified atom stereocenters. The maximum absolute atomic E-state index is 5.00. The zero-order chi connectivity index (χ0) is 20.8. The molecule has 5 rings (SSSR count). The lowest BCUT2D eigenvalue weighted by molar-refractivity contribution is 0.628. The third-order valence-corrected chi connectivity index (χ3v) is 5.23. The van der Waals surface area contributed by atoms with E-state index in [1.165, 1.54) is 11.4 Å². The van der Waals surface area contributed by atoms with Gasteiger partial charge in [0.25, 0.3) is 0 Å². The highest BCUT2D eigenvalue weighted by atomic mass is 15.3. The fourth-order valence-corrected chi connectivity index (χ4v) is 4.04. The Kier molecular flexibility index (Phi) is 4.50. The van der Waals surface area contributed by atoms with E-state index < -0.39 is 0 Å². The number of fused-ring (bicyclic) bond motifs is 4. The first-order valence-electron chi connectivity index (χ1n) is 10.6. The van der Waals surface area contributed by atoms with Crippen LogP contribution in [0.2, 0.25) is 0 Å². The number of nitrogens with zero attached hydrogens (tertiary/aromatic N) is 6. The molecule has 0 spiro atoms. The van der Waals surface area contributed by atoms with Gasteiger partial charge in [0.2, 0.25) is 11.3 Å². The molecule has 4 aromatic rings. The Morgan fingerprint density at radius 3 is 1.40 bits per heavy atom. The molecule has 6 nitrogen and oxygen atoms in total. The second kappa shape index (κ2) is 7.20. The molecule has 0 aliphatic carbocycles. The van der Waals surface area contributed by atoms with Crippen molar-refractivity contribution in [3.8, 4) is 0 Å². The third kappa shape index (κ3) is 3.12. The number of anilines is 4. The fourth-order valence-electron chi connectivity index (χ4n) is 4.04. The standard InChI is InChI=1S/C24H26N6/c1-15(2)13-29-19-11-7-8-12-20(19)30(14-16(3)4)24-23(29)27-21-22(28-24)26-18-10-6-5-9-17(18)25-21/h5-12,15-16H,13-14H2,1-4H3. The van der Waals surface area contributed by atoms with E-state index in [1.54, 1.807) is 0 Å². The highest BCUT2D eigenvalue weighted by Gasteiger charge is 2.32. The Labute approximate surface area is 176 Å². The van der Waals surface area contributed by atoms with Gasteiger partial charge in [-0.3, -0.25) is 0 Å². The van der Waals surface area contributed by atoms with E-state index >= 15 is 0 Å². The van der Waals surface area contributed by atoms with Crippen LogP contribution in [-0.2, 0) is 0 Å². The minimum absolute atomic E-state index is 0.475. The first kappa shape index (κ1) is 18.7. The van der Waals surface area contributed by atoms with Gasteiger partial charge in [-0.25, -0.2) is 19.9 Å². The SMILES string of the molecule is CC(C)CN1c2ccccc2N(CC(C)C)c2nc3nc4ccccc4nc3nc21. The summed E-state index contributed by atoms with van der Waals surface area (Å²) >= 11 is 0. The molecule has 0 radical (unpaired) electrons. The molecule has 6 heteroatoms. The summed E-state index contributed by atoms with van der Waals surface area (Å²) in [6.07, 6.45) is 0. The van der Waals surface area contributed by atoms with Crippen molar-refractivity contribution in [2.45, 2.75) is 27.7 Å². The van der Waals surface area contributed by atoms with E-state index in [0.29, 0.717) is 23.1 Å². The zero-order valence-corrected chi connectivity index (χ0v) is 17.9. The van der Waals surface area contributed by atoms with E-state index in [-0.39, 0.29) is 0 Å². The second-order valence-electron chi connectivity index (χ2n) is 8.73. The highest BCUT2D eigenvalue weighted by molar-refractivity contribution is 5.93. The molecule has 152 valence electrons. The monoisotopic (exact) mass is 398 g/mol. The zero-order valence-electron chi connectivity index (χ0n) is 17.9. The van der Waals surface area contributed by atoms with Crippen molar-refractivity contribution < 1.29 is 0 Å². The molecule has 2 aromatic heterocycles. The molecule has 0 amide bonds. The molecule has 30 heavy (non-hydrogen) atoms. The summed E-state index contributed by atoms with van der Waals surface area (Å²) in [5, 5.41) is 0. The minimum Gasteiger partial charge on any atom is -0.321 e. The number of hydrogen-bond donors (Lipinski definition) is 0. The Bertz CT molecular complexity index is 1140. The molecule has 0 bridgehead atoms. The van der Waals surface area contributed by atoms with Gasteiger partial charge in [0, 0.05) is 13.1 Å². The second-order valence-corrected chi connectivity index (χ2v) is 8.73. The Balaban J connectivity index is 1.79. The normalized spacial score (nSPS) is 13.4. The molecule has 0 fully saturated rings. The van der Waals surface area contributed by atoms with Crippen molar-refractivity contribution in [1.29, 1.82) is 0 Å². The van der Waals surface area contributed by atoms with Crippen molar-refractivity contribution in [2.75, 3.05) is 22.9 Å². The largest absolute Gasteiger partial charge is 0.321 e. The molecule has 3 heterocycles. The lowest BCUT2D eigenvalue weighted by atomic mass is 10.1. The van der Waals surface area contributed by atoms with Gasteiger partial charge in [-0.2, -0.15) is 0 Å². The minimum atomic E-state index is 0.475. The Morgan fingerprint density at radius 2 is 1.00 bits per heavy atom. The first-order chi connectivity index (χ1) is 14.5. The van der Waals surface area contributed by atoms with Crippen LogP contribution in [0.4, 0.5) is 23.0 Å². The summed E-state index contributed by atoms with van der Waals surface area (Å²) in [5.74, 6) is 2.67. The van der Waals surface area contributed by atoms with Gasteiger partial charge in [-0.05, 0) is 36.1 Å². The van der Waals surface area contributed by atoms with Crippen LogP contribution in [0, 0.1) is 11.8 Å². The molecule has 1 aliphatic rings. The molecular formula is C24H26N6. The molecule has 0 saturated carbocycles. The summed E-state index contributed by atoms with van der Waals surface area (Å²) in [7, 11) is 0. The van der Waals surface area contributed by atoms with Gasteiger partial charge in [0.1, 0.15) is 0 Å². The first-order valence-corrected chi connectivity index (χ1v) is 10.6. The van der Waals surface area contributed by atoms with Crippen molar-refractivity contribution in [3.05, 3.63) is 48.5 Å². The van der Waals surface area contributed by atoms with Crippen molar-refractivity contribution >= 4 is 45.3 Å². The van der Waals surface area contributed by atoms with Gasteiger partial charge in [-0.1, -0.05) is 52.0 Å². The number of aromatic nitrogens is 4. The van der Waals surface area contributed by atoms with Crippen molar-refractivity contribution in [1.82, 2.24) is 19.9 Å². The summed E-state index contributed by atoms with van der Waals surface area (Å²) < 4.78 is 0. The fraction of sp³-hybridized carbons (Fsp3) is 0.333. The van der Waals surface area contributed by atoms with Gasteiger partial charge in [0.05, 0.1) is 22.4 Å². The maximum Gasteiger partial charge on any atom is 0.200 e. The smallest absolute Gasteiger partial charge is 0.200 e. The van der Waals surface area contributed by atoms with Crippen LogP contribution in [0.15, 0.2) is 48.5 Å². The summed E-state index contributed by atoms with van der Waals surface area (Å²) in [5.41, 5.74) is 5.19. The van der Waals surface area contributed by atoms with E-state index in [1.807, 2.05) is 24.3 Å². The molecule has 2 aromatic carbocycles. The highest BCUT2D eigenvalue weighted by Crippen LogP contribution is 2.46. The third-order valence-electron chi connectivity index (χ3n) is 5.23. The number of hydrogen-bond acceptors (Lipinski definition) is 6.